The normalized spacial score (nSPS) is 17.7. The Bertz CT molecular complexity index is 266. The topological polar surface area (TPSA) is 32.5 Å². The van der Waals surface area contributed by atoms with E-state index in [9.17, 15) is 0 Å². The van der Waals surface area contributed by atoms with Gasteiger partial charge in [0.1, 0.15) is 0 Å². The molecular weight excluding hydrogens is 198 g/mol. The molecule has 1 aliphatic heterocycles. The lowest BCUT2D eigenvalue weighted by Gasteiger charge is -2.32. The Morgan fingerprint density at radius 2 is 1.56 bits per heavy atom. The van der Waals surface area contributed by atoms with Crippen LogP contribution in [0.15, 0.2) is 30.3 Å². The highest BCUT2D eigenvalue weighted by Crippen LogP contribution is 2.06. The molecule has 1 fully saturated rings. The quantitative estimate of drug-likeness (QED) is 0.809. The van der Waals surface area contributed by atoms with Crippen LogP contribution in [0.2, 0.25) is 0 Å². The molecule has 1 aliphatic rings. The second-order valence-corrected chi connectivity index (χ2v) is 4.07. The van der Waals surface area contributed by atoms with Gasteiger partial charge < -0.3 is 10.6 Å². The molecular formula is C13H23N3. The molecule has 0 aromatic heterocycles. The maximum Gasteiger partial charge on any atom is 0.0234 e. The van der Waals surface area contributed by atoms with Crippen LogP contribution in [-0.4, -0.2) is 50.1 Å². The van der Waals surface area contributed by atoms with Gasteiger partial charge in [-0.15, -0.1) is 0 Å². The van der Waals surface area contributed by atoms with Crippen LogP contribution in [-0.2, 0) is 6.54 Å². The Morgan fingerprint density at radius 1 is 1.00 bits per heavy atom. The average molecular weight is 221 g/mol. The Labute approximate surface area is 98.8 Å². The number of hydrogen-bond acceptors (Lipinski definition) is 3. The van der Waals surface area contributed by atoms with E-state index in [0.717, 1.165) is 6.54 Å². The first-order valence-electron chi connectivity index (χ1n) is 5.87. The summed E-state index contributed by atoms with van der Waals surface area (Å²) in [5.74, 6) is 0. The van der Waals surface area contributed by atoms with Gasteiger partial charge >= 0.3 is 0 Å². The molecule has 1 heterocycles. The minimum Gasteiger partial charge on any atom is -0.333 e. The van der Waals surface area contributed by atoms with Crippen molar-refractivity contribution in [3.8, 4) is 0 Å². The van der Waals surface area contributed by atoms with E-state index < -0.39 is 0 Å². The van der Waals surface area contributed by atoms with E-state index >= 15 is 0 Å². The zero-order chi connectivity index (χ0) is 11.8. The Hall–Kier alpha value is -0.900. The monoisotopic (exact) mass is 221 g/mol. The Kier molecular flexibility index (Phi) is 6.08. The van der Waals surface area contributed by atoms with Crippen molar-refractivity contribution in [3.63, 3.8) is 0 Å². The van der Waals surface area contributed by atoms with Gasteiger partial charge in [0.15, 0.2) is 0 Å². The zero-order valence-electron chi connectivity index (χ0n) is 10.4. The van der Waals surface area contributed by atoms with E-state index in [1.807, 2.05) is 0 Å². The van der Waals surface area contributed by atoms with Gasteiger partial charge in [0.2, 0.25) is 0 Å². The molecule has 0 unspecified atom stereocenters. The van der Waals surface area contributed by atoms with Gasteiger partial charge in [-0.1, -0.05) is 30.3 Å². The summed E-state index contributed by atoms with van der Waals surface area (Å²) >= 11 is 0. The number of nitrogens with two attached hydrogens (primary N) is 1. The fourth-order valence-electron chi connectivity index (χ4n) is 1.85. The molecule has 0 aliphatic carbocycles. The van der Waals surface area contributed by atoms with Crippen molar-refractivity contribution < 1.29 is 0 Å². The van der Waals surface area contributed by atoms with Crippen LogP contribution >= 0.6 is 0 Å². The summed E-state index contributed by atoms with van der Waals surface area (Å²) in [6.07, 6.45) is 0. The van der Waals surface area contributed by atoms with Gasteiger partial charge in [-0.2, -0.15) is 0 Å². The van der Waals surface area contributed by atoms with Crippen LogP contribution < -0.4 is 5.73 Å². The third-order valence-electron chi connectivity index (χ3n) is 2.84. The minimum absolute atomic E-state index is 1.11. The van der Waals surface area contributed by atoms with Crippen LogP contribution in [0, 0.1) is 0 Å². The highest BCUT2D eigenvalue weighted by Gasteiger charge is 2.13. The zero-order valence-corrected chi connectivity index (χ0v) is 10.4. The predicted octanol–water partition coefficient (Wildman–Crippen LogP) is 1.01. The third kappa shape index (κ3) is 4.31. The summed E-state index contributed by atoms with van der Waals surface area (Å²) < 4.78 is 0. The van der Waals surface area contributed by atoms with Gasteiger partial charge in [-0.3, -0.25) is 4.90 Å². The smallest absolute Gasteiger partial charge is 0.0234 e. The molecule has 2 N–H and O–H groups in total. The lowest BCUT2D eigenvalue weighted by Crippen LogP contribution is -2.43. The van der Waals surface area contributed by atoms with Crippen LogP contribution in [0.4, 0.5) is 0 Å². The highest BCUT2D eigenvalue weighted by atomic mass is 15.2. The second-order valence-electron chi connectivity index (χ2n) is 4.07. The molecule has 2 rings (SSSR count). The highest BCUT2D eigenvalue weighted by molar-refractivity contribution is 5.14. The number of nitrogens with zero attached hydrogens (tertiary/aromatic N) is 2. The standard InChI is InChI=1S/C12H18N2.CH5N/c1-13-7-9-14(10-8-13)11-12-5-3-2-4-6-12;1-2/h2-6H,7-11H2,1H3;2H2,1H3. The number of rotatable bonds is 2. The molecule has 0 amide bonds. The maximum atomic E-state index is 4.50. The van der Waals surface area contributed by atoms with Crippen molar-refractivity contribution in [3.05, 3.63) is 35.9 Å². The van der Waals surface area contributed by atoms with E-state index in [1.54, 1.807) is 0 Å². The molecule has 1 saturated heterocycles. The summed E-state index contributed by atoms with van der Waals surface area (Å²) in [7, 11) is 3.69. The minimum atomic E-state index is 1.11. The molecule has 16 heavy (non-hydrogen) atoms. The number of benzene rings is 1. The first-order chi connectivity index (χ1) is 7.84. The fraction of sp³-hybridized carbons (Fsp3) is 0.538. The molecule has 0 saturated carbocycles. The number of hydrogen-bond donors (Lipinski definition) is 1. The first-order valence-corrected chi connectivity index (χ1v) is 5.87. The molecule has 1 aromatic rings. The van der Waals surface area contributed by atoms with Gasteiger partial charge in [0, 0.05) is 32.7 Å². The van der Waals surface area contributed by atoms with Crippen molar-refractivity contribution in [1.82, 2.24) is 9.80 Å². The van der Waals surface area contributed by atoms with Crippen LogP contribution in [0.5, 0.6) is 0 Å². The van der Waals surface area contributed by atoms with Gasteiger partial charge in [0.25, 0.3) is 0 Å². The van der Waals surface area contributed by atoms with E-state index in [0.29, 0.717) is 0 Å². The predicted molar refractivity (Wildman–Crippen MR) is 69.3 cm³/mol. The third-order valence-corrected chi connectivity index (χ3v) is 2.84. The molecule has 3 heteroatoms. The van der Waals surface area contributed by atoms with Crippen molar-refractivity contribution >= 4 is 0 Å². The SMILES string of the molecule is CN.CN1CCN(Cc2ccccc2)CC1. The van der Waals surface area contributed by atoms with E-state index in [4.69, 9.17) is 0 Å². The van der Waals surface area contributed by atoms with Crippen LogP contribution in [0.1, 0.15) is 5.56 Å². The molecule has 3 nitrogen and oxygen atoms in total. The Balaban J connectivity index is 0.000000606. The van der Waals surface area contributed by atoms with Crippen molar-refractivity contribution in [2.75, 3.05) is 40.3 Å². The van der Waals surface area contributed by atoms with Gasteiger partial charge in [-0.05, 0) is 19.7 Å². The number of piperazine rings is 1. The summed E-state index contributed by atoms with van der Waals surface area (Å²) in [6, 6.07) is 10.7. The Morgan fingerprint density at radius 3 is 2.12 bits per heavy atom. The number of likely N-dealkylation sites (N-methyl/N-ethyl adjacent to an activating group) is 1. The molecule has 90 valence electrons. The summed E-state index contributed by atoms with van der Waals surface area (Å²) in [4.78, 5) is 4.91. The molecule has 1 aromatic carbocycles. The molecule has 0 bridgehead atoms. The van der Waals surface area contributed by atoms with Crippen molar-refractivity contribution in [1.29, 1.82) is 0 Å². The fourth-order valence-corrected chi connectivity index (χ4v) is 1.85. The van der Waals surface area contributed by atoms with E-state index in [1.165, 1.54) is 38.8 Å². The maximum absolute atomic E-state index is 4.50. The summed E-state index contributed by atoms with van der Waals surface area (Å²) in [5, 5.41) is 0. The largest absolute Gasteiger partial charge is 0.333 e. The summed E-state index contributed by atoms with van der Waals surface area (Å²) in [5.41, 5.74) is 5.93. The van der Waals surface area contributed by atoms with Gasteiger partial charge in [-0.25, -0.2) is 0 Å². The lowest BCUT2D eigenvalue weighted by atomic mass is 10.2. The van der Waals surface area contributed by atoms with Crippen LogP contribution in [0.25, 0.3) is 0 Å². The summed E-state index contributed by atoms with van der Waals surface area (Å²) in [6.45, 7) is 5.91. The van der Waals surface area contributed by atoms with Crippen molar-refractivity contribution in [2.24, 2.45) is 5.73 Å². The van der Waals surface area contributed by atoms with Gasteiger partial charge in [0.05, 0.1) is 0 Å². The van der Waals surface area contributed by atoms with Crippen molar-refractivity contribution in [2.45, 2.75) is 6.54 Å². The lowest BCUT2D eigenvalue weighted by molar-refractivity contribution is 0.148. The second kappa shape index (κ2) is 7.39. The average Bonchev–Trinajstić information content (AvgIpc) is 2.36. The van der Waals surface area contributed by atoms with E-state index in [2.05, 4.69) is 52.9 Å². The molecule has 0 atom stereocenters. The molecule has 0 radical (unpaired) electrons. The molecule has 0 spiro atoms. The van der Waals surface area contributed by atoms with Crippen LogP contribution in [0.3, 0.4) is 0 Å². The van der Waals surface area contributed by atoms with E-state index in [-0.39, 0.29) is 0 Å². The first kappa shape index (κ1) is 13.2.